The molecule has 0 unspecified atom stereocenters. The quantitative estimate of drug-likeness (QED) is 0.410. The van der Waals surface area contributed by atoms with E-state index in [1.165, 1.54) is 0 Å². The lowest BCUT2D eigenvalue weighted by Gasteiger charge is -2.21. The van der Waals surface area contributed by atoms with Crippen LogP contribution in [-0.2, 0) is 0 Å². The van der Waals surface area contributed by atoms with Crippen molar-refractivity contribution in [3.05, 3.63) is 12.2 Å². The Kier molecular flexibility index (Phi) is 3.19. The van der Waals surface area contributed by atoms with Gasteiger partial charge in [0.15, 0.2) is 0 Å². The van der Waals surface area contributed by atoms with Crippen LogP contribution in [0, 0.1) is 0 Å². The zero-order valence-corrected chi connectivity index (χ0v) is 8.23. The average molecular weight is 142 g/mol. The zero-order chi connectivity index (χ0) is 7.49. The molecule has 1 atom stereocenters. The van der Waals surface area contributed by atoms with Crippen molar-refractivity contribution in [3.63, 3.8) is 0 Å². The smallest absolute Gasteiger partial charge is 0.0510 e. The number of hydrogen-bond donors (Lipinski definition) is 0. The van der Waals surface area contributed by atoms with Gasteiger partial charge in [-0.15, -0.1) is 0 Å². The molecule has 1 heteroatoms. The Bertz CT molecular complexity index is 97.6. The minimum absolute atomic E-state index is 0.822. The third-order valence-corrected chi connectivity index (χ3v) is 4.77. The topological polar surface area (TPSA) is 0 Å². The van der Waals surface area contributed by atoms with Crippen molar-refractivity contribution in [2.45, 2.75) is 39.0 Å². The Labute approximate surface area is 60.0 Å². The van der Waals surface area contributed by atoms with Gasteiger partial charge in [-0.05, 0) is 12.5 Å². The Morgan fingerprint density at radius 3 is 1.78 bits per heavy atom. The lowest BCUT2D eigenvalue weighted by molar-refractivity contribution is 1.12. The molecule has 0 nitrogen and oxygen atoms in total. The molecule has 0 rings (SSSR count). The third-order valence-electron chi connectivity index (χ3n) is 1.85. The SMILES string of the molecule is CC=C[C@@H](C)[Si](C)(C)C. The molecule has 0 radical (unpaired) electrons. The van der Waals surface area contributed by atoms with Gasteiger partial charge in [0, 0.05) is 0 Å². The molecule has 0 heterocycles. The maximum Gasteiger partial charge on any atom is 0.0510 e. The Morgan fingerprint density at radius 1 is 1.22 bits per heavy atom. The highest BCUT2D eigenvalue weighted by atomic mass is 28.3. The molecule has 0 saturated heterocycles. The Hall–Kier alpha value is -0.0431. The molecule has 0 spiro atoms. The summed E-state index contributed by atoms with van der Waals surface area (Å²) in [7, 11) is -0.868. The molecule has 0 aliphatic rings. The van der Waals surface area contributed by atoms with Crippen molar-refractivity contribution in [2.75, 3.05) is 0 Å². The monoisotopic (exact) mass is 142 g/mol. The van der Waals surface area contributed by atoms with Crippen LogP contribution in [0.2, 0.25) is 25.2 Å². The second-order valence-electron chi connectivity index (χ2n) is 3.68. The third kappa shape index (κ3) is 3.52. The van der Waals surface area contributed by atoms with Crippen molar-refractivity contribution in [3.8, 4) is 0 Å². The maximum atomic E-state index is 2.40. The van der Waals surface area contributed by atoms with Gasteiger partial charge in [0.2, 0.25) is 0 Å². The van der Waals surface area contributed by atoms with E-state index < -0.39 is 8.07 Å². The second-order valence-corrected chi connectivity index (χ2v) is 9.32. The number of allylic oxidation sites excluding steroid dienone is 2. The van der Waals surface area contributed by atoms with Crippen LogP contribution in [0.4, 0.5) is 0 Å². The predicted octanol–water partition coefficient (Wildman–Crippen LogP) is 3.29. The van der Waals surface area contributed by atoms with Gasteiger partial charge in [0.05, 0.1) is 8.07 Å². The first-order chi connectivity index (χ1) is 3.98. The molecule has 0 N–H and O–H groups in total. The van der Waals surface area contributed by atoms with Crippen molar-refractivity contribution in [1.82, 2.24) is 0 Å². The van der Waals surface area contributed by atoms with Crippen molar-refractivity contribution < 1.29 is 0 Å². The lowest BCUT2D eigenvalue weighted by atomic mass is 10.4. The van der Waals surface area contributed by atoms with Crippen molar-refractivity contribution in [2.24, 2.45) is 0 Å². The normalized spacial score (nSPS) is 16.6. The van der Waals surface area contributed by atoms with Crippen LogP contribution in [-0.4, -0.2) is 8.07 Å². The summed E-state index contributed by atoms with van der Waals surface area (Å²) in [6.45, 7) is 11.6. The van der Waals surface area contributed by atoms with E-state index in [2.05, 4.69) is 45.6 Å². The van der Waals surface area contributed by atoms with E-state index in [0.29, 0.717) is 0 Å². The van der Waals surface area contributed by atoms with E-state index in [0.717, 1.165) is 5.54 Å². The summed E-state index contributed by atoms with van der Waals surface area (Å²) in [5, 5.41) is 0. The van der Waals surface area contributed by atoms with Gasteiger partial charge in [0.1, 0.15) is 0 Å². The van der Waals surface area contributed by atoms with E-state index in [9.17, 15) is 0 Å². The summed E-state index contributed by atoms with van der Waals surface area (Å²) < 4.78 is 0. The molecule has 0 aromatic rings. The van der Waals surface area contributed by atoms with E-state index in [4.69, 9.17) is 0 Å². The highest BCUT2D eigenvalue weighted by molar-refractivity contribution is 6.77. The van der Waals surface area contributed by atoms with Crippen LogP contribution in [0.25, 0.3) is 0 Å². The minimum atomic E-state index is -0.868. The first-order valence-electron chi connectivity index (χ1n) is 3.61. The van der Waals surface area contributed by atoms with Crippen LogP contribution < -0.4 is 0 Å². The van der Waals surface area contributed by atoms with E-state index in [1.807, 2.05) is 0 Å². The summed E-state index contributed by atoms with van der Waals surface area (Å²) in [4.78, 5) is 0. The molecular formula is C8H18Si. The minimum Gasteiger partial charge on any atom is -0.0917 e. The Morgan fingerprint density at radius 2 is 1.67 bits per heavy atom. The summed E-state index contributed by atoms with van der Waals surface area (Å²) in [6.07, 6.45) is 4.47. The van der Waals surface area contributed by atoms with E-state index >= 15 is 0 Å². The van der Waals surface area contributed by atoms with Crippen LogP contribution in [0.15, 0.2) is 12.2 Å². The van der Waals surface area contributed by atoms with Gasteiger partial charge in [0.25, 0.3) is 0 Å². The van der Waals surface area contributed by atoms with Crippen LogP contribution in [0.5, 0.6) is 0 Å². The highest BCUT2D eigenvalue weighted by Crippen LogP contribution is 2.21. The van der Waals surface area contributed by atoms with Gasteiger partial charge >= 0.3 is 0 Å². The molecule has 0 aromatic carbocycles. The molecule has 9 heavy (non-hydrogen) atoms. The first-order valence-corrected chi connectivity index (χ1v) is 7.19. The van der Waals surface area contributed by atoms with Crippen LogP contribution in [0.3, 0.4) is 0 Å². The van der Waals surface area contributed by atoms with E-state index in [-0.39, 0.29) is 0 Å². The molecule has 0 saturated carbocycles. The van der Waals surface area contributed by atoms with Gasteiger partial charge in [-0.3, -0.25) is 0 Å². The molecule has 0 fully saturated rings. The molecule has 0 amide bonds. The van der Waals surface area contributed by atoms with Gasteiger partial charge < -0.3 is 0 Å². The first kappa shape index (κ1) is 8.96. The standard InChI is InChI=1S/C8H18Si/c1-6-7-8(2)9(3,4)5/h6-8H,1-5H3/t8-/m1/s1. The molecule has 54 valence electrons. The molecular weight excluding hydrogens is 124 g/mol. The summed E-state index contributed by atoms with van der Waals surface area (Å²) >= 11 is 0. The summed E-state index contributed by atoms with van der Waals surface area (Å²) in [6, 6.07) is 0. The van der Waals surface area contributed by atoms with Gasteiger partial charge in [-0.25, -0.2) is 0 Å². The molecule has 0 aromatic heterocycles. The van der Waals surface area contributed by atoms with Crippen LogP contribution >= 0.6 is 0 Å². The lowest BCUT2D eigenvalue weighted by Crippen LogP contribution is -2.24. The number of rotatable bonds is 2. The maximum absolute atomic E-state index is 2.40. The predicted molar refractivity (Wildman–Crippen MR) is 47.6 cm³/mol. The van der Waals surface area contributed by atoms with Gasteiger partial charge in [-0.2, -0.15) is 0 Å². The van der Waals surface area contributed by atoms with Gasteiger partial charge in [-0.1, -0.05) is 38.7 Å². The summed E-state index contributed by atoms with van der Waals surface area (Å²) in [5.74, 6) is 0. The fourth-order valence-corrected chi connectivity index (χ4v) is 1.35. The zero-order valence-electron chi connectivity index (χ0n) is 7.23. The highest BCUT2D eigenvalue weighted by Gasteiger charge is 2.18. The van der Waals surface area contributed by atoms with Crippen LogP contribution in [0.1, 0.15) is 13.8 Å². The number of hydrogen-bond acceptors (Lipinski definition) is 0. The Balaban J connectivity index is 3.88. The second kappa shape index (κ2) is 3.21. The summed E-state index contributed by atoms with van der Waals surface area (Å²) in [5.41, 5.74) is 0.822. The fraction of sp³-hybridized carbons (Fsp3) is 0.750. The van der Waals surface area contributed by atoms with Crippen molar-refractivity contribution in [1.29, 1.82) is 0 Å². The molecule has 0 bridgehead atoms. The molecule has 0 aliphatic heterocycles. The largest absolute Gasteiger partial charge is 0.0917 e. The molecule has 0 aliphatic carbocycles. The van der Waals surface area contributed by atoms with E-state index in [1.54, 1.807) is 0 Å². The fourth-order valence-electron chi connectivity index (χ4n) is 0.577. The van der Waals surface area contributed by atoms with Crippen molar-refractivity contribution >= 4 is 8.07 Å². The average Bonchev–Trinajstić information content (AvgIpc) is 1.64.